The van der Waals surface area contributed by atoms with Gasteiger partial charge in [0.2, 0.25) is 0 Å². The summed E-state index contributed by atoms with van der Waals surface area (Å²) in [5.41, 5.74) is -0.901. The van der Waals surface area contributed by atoms with Crippen molar-refractivity contribution in [2.45, 2.75) is 50.5 Å². The Balaban J connectivity index is 0.00000364. The highest BCUT2D eigenvalue weighted by Gasteiger charge is 2.41. The maximum absolute atomic E-state index is 12.7. The van der Waals surface area contributed by atoms with Crippen molar-refractivity contribution in [1.82, 2.24) is 15.6 Å². The van der Waals surface area contributed by atoms with Gasteiger partial charge in [-0.05, 0) is 25.7 Å². The average Bonchev–Trinajstić information content (AvgIpc) is 3.02. The molecule has 0 atom stereocenters. The van der Waals surface area contributed by atoms with E-state index >= 15 is 0 Å². The standard InChI is InChI=1S/C15H20F6N4S.HI/c1-22-13(24-10-4-2-9(3-5-10)14(16,17)18)23-7-6-12-25-11(8-26-12)15(19,20)21;/h8-10H,2-7H2,1H3,(H2,22,23,24);1H. The summed E-state index contributed by atoms with van der Waals surface area (Å²) in [4.78, 5) is 7.54. The topological polar surface area (TPSA) is 49.3 Å². The van der Waals surface area contributed by atoms with Gasteiger partial charge >= 0.3 is 12.4 Å². The van der Waals surface area contributed by atoms with Crippen molar-refractivity contribution >= 4 is 41.3 Å². The van der Waals surface area contributed by atoms with Gasteiger partial charge in [-0.15, -0.1) is 35.3 Å². The molecule has 156 valence electrons. The number of alkyl halides is 6. The van der Waals surface area contributed by atoms with E-state index in [2.05, 4.69) is 20.6 Å². The summed E-state index contributed by atoms with van der Waals surface area (Å²) in [6.45, 7) is 0.322. The lowest BCUT2D eigenvalue weighted by atomic mass is 9.85. The van der Waals surface area contributed by atoms with Gasteiger partial charge in [-0.2, -0.15) is 26.3 Å². The zero-order valence-corrected chi connectivity index (χ0v) is 17.6. The first kappa shape index (κ1) is 24.2. The molecule has 4 nitrogen and oxygen atoms in total. The van der Waals surface area contributed by atoms with Gasteiger partial charge < -0.3 is 10.6 Å². The molecule has 1 saturated carbocycles. The number of aliphatic imine (C=N–C) groups is 1. The third-order valence-corrected chi connectivity index (χ3v) is 5.14. The summed E-state index contributed by atoms with van der Waals surface area (Å²) in [6, 6.07) is -0.100. The molecular formula is C15H21F6IN4S. The highest BCUT2D eigenvalue weighted by Crippen LogP contribution is 2.37. The van der Waals surface area contributed by atoms with E-state index in [0.717, 1.165) is 16.7 Å². The molecule has 0 spiro atoms. The van der Waals surface area contributed by atoms with Crippen LogP contribution in [0.1, 0.15) is 36.4 Å². The smallest absolute Gasteiger partial charge is 0.356 e. The summed E-state index contributed by atoms with van der Waals surface area (Å²) in [7, 11) is 1.53. The van der Waals surface area contributed by atoms with Crippen LogP contribution in [-0.2, 0) is 12.6 Å². The molecule has 0 amide bonds. The number of rotatable bonds is 4. The predicted octanol–water partition coefficient (Wildman–Crippen LogP) is 4.61. The van der Waals surface area contributed by atoms with Gasteiger partial charge in [0, 0.05) is 31.4 Å². The molecule has 1 aliphatic carbocycles. The van der Waals surface area contributed by atoms with E-state index in [9.17, 15) is 26.3 Å². The number of nitrogens with one attached hydrogen (secondary N) is 2. The number of hydrogen-bond acceptors (Lipinski definition) is 3. The van der Waals surface area contributed by atoms with Crippen molar-refractivity contribution in [3.63, 3.8) is 0 Å². The van der Waals surface area contributed by atoms with Gasteiger partial charge in [0.15, 0.2) is 11.7 Å². The second-order valence-electron chi connectivity index (χ2n) is 6.11. The molecule has 0 aliphatic heterocycles. The Labute approximate surface area is 174 Å². The molecule has 1 aromatic heterocycles. The number of aromatic nitrogens is 1. The zero-order valence-electron chi connectivity index (χ0n) is 14.5. The number of guanidine groups is 1. The van der Waals surface area contributed by atoms with Gasteiger partial charge in [0.25, 0.3) is 0 Å². The lowest BCUT2D eigenvalue weighted by molar-refractivity contribution is -0.182. The van der Waals surface area contributed by atoms with Gasteiger partial charge in [-0.1, -0.05) is 0 Å². The lowest BCUT2D eigenvalue weighted by Gasteiger charge is -2.31. The molecule has 0 unspecified atom stereocenters. The van der Waals surface area contributed by atoms with E-state index in [1.54, 1.807) is 0 Å². The summed E-state index contributed by atoms with van der Waals surface area (Å²) in [6.07, 6.45) is -7.35. The van der Waals surface area contributed by atoms with E-state index < -0.39 is 24.0 Å². The molecule has 0 bridgehead atoms. The fourth-order valence-electron chi connectivity index (χ4n) is 2.80. The third-order valence-electron chi connectivity index (χ3n) is 4.23. The minimum Gasteiger partial charge on any atom is -0.356 e. The average molecular weight is 530 g/mol. The second kappa shape index (κ2) is 10.1. The molecule has 2 rings (SSSR count). The Hall–Kier alpha value is -0.790. The SMILES string of the molecule is CN=C(NCCc1nc(C(F)(F)F)cs1)NC1CCC(C(F)(F)F)CC1.I. The van der Waals surface area contributed by atoms with Gasteiger partial charge in [0.05, 0.1) is 10.9 Å². The maximum atomic E-state index is 12.7. The number of hydrogen-bond donors (Lipinski definition) is 2. The summed E-state index contributed by atoms with van der Waals surface area (Å²) in [5, 5.41) is 7.35. The van der Waals surface area contributed by atoms with Crippen LogP contribution in [0.2, 0.25) is 0 Å². The minimum atomic E-state index is -4.45. The molecule has 1 heterocycles. The van der Waals surface area contributed by atoms with Crippen molar-refractivity contribution < 1.29 is 26.3 Å². The zero-order chi connectivity index (χ0) is 19.4. The number of halogens is 7. The fourth-order valence-corrected chi connectivity index (χ4v) is 3.60. The van der Waals surface area contributed by atoms with Crippen LogP contribution < -0.4 is 10.6 Å². The first-order chi connectivity index (χ1) is 12.1. The van der Waals surface area contributed by atoms with E-state index in [-0.39, 0.29) is 42.9 Å². The van der Waals surface area contributed by atoms with E-state index in [1.165, 1.54) is 7.05 Å². The normalized spacial score (nSPS) is 21.5. The van der Waals surface area contributed by atoms with Crippen LogP contribution in [0.5, 0.6) is 0 Å². The Kier molecular flexibility index (Phi) is 9.09. The monoisotopic (exact) mass is 530 g/mol. The molecule has 0 radical (unpaired) electrons. The van der Waals surface area contributed by atoms with Gasteiger partial charge in [0.1, 0.15) is 0 Å². The Morgan fingerprint density at radius 3 is 2.30 bits per heavy atom. The highest BCUT2D eigenvalue weighted by atomic mass is 127. The molecule has 0 aromatic carbocycles. The summed E-state index contributed by atoms with van der Waals surface area (Å²) < 4.78 is 75.5. The summed E-state index contributed by atoms with van der Waals surface area (Å²) in [5.74, 6) is -0.823. The van der Waals surface area contributed by atoms with Crippen molar-refractivity contribution in [1.29, 1.82) is 0 Å². The second-order valence-corrected chi connectivity index (χ2v) is 7.05. The largest absolute Gasteiger partial charge is 0.434 e. The van der Waals surface area contributed by atoms with Crippen molar-refractivity contribution in [3.8, 4) is 0 Å². The summed E-state index contributed by atoms with van der Waals surface area (Å²) >= 11 is 0.936. The van der Waals surface area contributed by atoms with E-state index in [4.69, 9.17) is 0 Å². The first-order valence-electron chi connectivity index (χ1n) is 8.15. The van der Waals surface area contributed by atoms with Crippen molar-refractivity contribution in [2.24, 2.45) is 10.9 Å². The van der Waals surface area contributed by atoms with E-state index in [1.807, 2.05) is 0 Å². The first-order valence-corrected chi connectivity index (χ1v) is 9.03. The molecule has 27 heavy (non-hydrogen) atoms. The predicted molar refractivity (Wildman–Crippen MR) is 103 cm³/mol. The molecule has 1 aromatic rings. The highest BCUT2D eigenvalue weighted by molar-refractivity contribution is 14.0. The Bertz CT molecular complexity index is 608. The maximum Gasteiger partial charge on any atom is 0.434 e. The third kappa shape index (κ3) is 7.62. The van der Waals surface area contributed by atoms with Crippen LogP contribution in [0.15, 0.2) is 10.4 Å². The molecule has 2 N–H and O–H groups in total. The van der Waals surface area contributed by atoms with Crippen molar-refractivity contribution in [3.05, 3.63) is 16.1 Å². The quantitative estimate of drug-likeness (QED) is 0.259. The molecular weight excluding hydrogens is 509 g/mol. The van der Waals surface area contributed by atoms with E-state index in [0.29, 0.717) is 36.8 Å². The van der Waals surface area contributed by atoms with Crippen LogP contribution >= 0.6 is 35.3 Å². The fraction of sp³-hybridized carbons (Fsp3) is 0.733. The molecule has 1 aliphatic rings. The van der Waals surface area contributed by atoms with Crippen LogP contribution in [0, 0.1) is 5.92 Å². The molecule has 12 heteroatoms. The molecule has 1 fully saturated rings. The van der Waals surface area contributed by atoms with Crippen LogP contribution in [0.25, 0.3) is 0 Å². The Morgan fingerprint density at radius 2 is 1.81 bits per heavy atom. The van der Waals surface area contributed by atoms with Gasteiger partial charge in [-0.25, -0.2) is 4.98 Å². The van der Waals surface area contributed by atoms with Crippen LogP contribution in [0.4, 0.5) is 26.3 Å². The minimum absolute atomic E-state index is 0. The lowest BCUT2D eigenvalue weighted by Crippen LogP contribution is -2.46. The number of thiazole rings is 1. The van der Waals surface area contributed by atoms with Crippen molar-refractivity contribution in [2.75, 3.05) is 13.6 Å². The number of nitrogens with zero attached hydrogens (tertiary/aromatic N) is 2. The Morgan fingerprint density at radius 1 is 1.19 bits per heavy atom. The van der Waals surface area contributed by atoms with Crippen LogP contribution in [-0.4, -0.2) is 36.8 Å². The molecule has 0 saturated heterocycles. The van der Waals surface area contributed by atoms with Gasteiger partial charge in [-0.3, -0.25) is 4.99 Å². The van der Waals surface area contributed by atoms with Crippen LogP contribution in [0.3, 0.4) is 0 Å².